The summed E-state index contributed by atoms with van der Waals surface area (Å²) in [6.07, 6.45) is 0. The molecule has 0 aliphatic heterocycles. The van der Waals surface area contributed by atoms with Gasteiger partial charge in [-0.1, -0.05) is 41.0 Å². The molecule has 0 amide bonds. The van der Waals surface area contributed by atoms with E-state index in [1.54, 1.807) is 12.1 Å². The Kier molecular flexibility index (Phi) is 4.36. The molecule has 2 aromatic rings. The number of nitrogens with zero attached hydrogens (tertiary/aromatic N) is 2. The second-order valence-corrected chi connectivity index (χ2v) is 6.08. The van der Waals surface area contributed by atoms with Crippen molar-refractivity contribution in [1.82, 2.24) is 0 Å². The highest BCUT2D eigenvalue weighted by atomic mass is 35.5. The molecule has 0 heterocycles. The lowest BCUT2D eigenvalue weighted by Crippen LogP contribution is -1.83. The summed E-state index contributed by atoms with van der Waals surface area (Å²) in [5, 5.41) is 9.69. The lowest BCUT2D eigenvalue weighted by Gasteiger charge is -2.07. The Hall–Kier alpha value is -1.21. The predicted molar refractivity (Wildman–Crippen MR) is 81.2 cm³/mol. The molecule has 5 heteroatoms. The minimum absolute atomic E-state index is 0.347. The van der Waals surface area contributed by atoms with E-state index in [9.17, 15) is 0 Å². The molecule has 0 unspecified atom stereocenters. The number of rotatable bonds is 2. The van der Waals surface area contributed by atoms with E-state index in [2.05, 4.69) is 31.0 Å². The van der Waals surface area contributed by atoms with Crippen molar-refractivity contribution in [1.29, 1.82) is 5.39 Å². The van der Waals surface area contributed by atoms with Crippen LogP contribution in [0.5, 0.6) is 0 Å². The molecule has 19 heavy (non-hydrogen) atoms. The third-order valence-electron chi connectivity index (χ3n) is 2.80. The minimum Gasteiger partial charge on any atom is -0.0869 e. The van der Waals surface area contributed by atoms with Crippen LogP contribution in [0.1, 0.15) is 11.1 Å². The highest BCUT2D eigenvalue weighted by molar-refractivity contribution is 7.99. The van der Waals surface area contributed by atoms with Crippen molar-refractivity contribution < 1.29 is 0 Å². The van der Waals surface area contributed by atoms with E-state index in [4.69, 9.17) is 28.6 Å². The molecule has 0 bridgehead atoms. The number of benzene rings is 2. The zero-order valence-corrected chi connectivity index (χ0v) is 12.8. The monoisotopic (exact) mass is 309 g/mol. The molecule has 2 nitrogen and oxygen atoms in total. The molecule has 0 N–H and O–H groups in total. The van der Waals surface area contributed by atoms with Gasteiger partial charge < -0.3 is 0 Å². The summed E-state index contributed by atoms with van der Waals surface area (Å²) in [4.78, 5) is 4.92. The summed E-state index contributed by atoms with van der Waals surface area (Å²) in [5.74, 6) is 0. The molecule has 0 saturated carbocycles. The van der Waals surface area contributed by atoms with E-state index in [1.807, 2.05) is 6.07 Å². The number of aryl methyl sites for hydroxylation is 2. The quantitative estimate of drug-likeness (QED) is 0.614. The van der Waals surface area contributed by atoms with E-state index in [-0.39, 0.29) is 0 Å². The van der Waals surface area contributed by atoms with Crippen molar-refractivity contribution in [3.8, 4) is 0 Å². The summed E-state index contributed by atoms with van der Waals surface area (Å²) < 4.78 is 0. The van der Waals surface area contributed by atoms with Gasteiger partial charge in [-0.3, -0.25) is 0 Å². The SMILES string of the molecule is Cc1ccc(Sc2c(Cl)cc([N+]#N)cc2Cl)cc1C. The van der Waals surface area contributed by atoms with Gasteiger partial charge >= 0.3 is 5.69 Å². The Labute approximate surface area is 126 Å². The lowest BCUT2D eigenvalue weighted by atomic mass is 10.1. The third-order valence-corrected chi connectivity index (χ3v) is 4.75. The molecular weight excluding hydrogens is 299 g/mol. The number of diazo groups is 1. The van der Waals surface area contributed by atoms with Gasteiger partial charge in [0.1, 0.15) is 0 Å². The van der Waals surface area contributed by atoms with Gasteiger partial charge in [0.25, 0.3) is 0 Å². The van der Waals surface area contributed by atoms with Gasteiger partial charge in [0.2, 0.25) is 5.39 Å². The van der Waals surface area contributed by atoms with Gasteiger partial charge in [-0.2, -0.15) is 0 Å². The maximum atomic E-state index is 8.73. The number of hydrogen-bond donors (Lipinski definition) is 0. The first kappa shape index (κ1) is 14.2. The van der Waals surface area contributed by atoms with Crippen LogP contribution in [0.3, 0.4) is 0 Å². The fourth-order valence-electron chi connectivity index (χ4n) is 1.60. The molecule has 2 rings (SSSR count). The van der Waals surface area contributed by atoms with Crippen molar-refractivity contribution in [3.05, 3.63) is 56.5 Å². The molecular formula is C14H11Cl2N2S+. The van der Waals surface area contributed by atoms with E-state index < -0.39 is 0 Å². The first-order chi connectivity index (χ1) is 9.01. The third kappa shape index (κ3) is 3.22. The molecule has 2 aromatic carbocycles. The second-order valence-electron chi connectivity index (χ2n) is 4.19. The van der Waals surface area contributed by atoms with Crippen molar-refractivity contribution in [2.45, 2.75) is 23.6 Å². The van der Waals surface area contributed by atoms with Crippen molar-refractivity contribution in [3.63, 3.8) is 0 Å². The zero-order valence-electron chi connectivity index (χ0n) is 10.4. The average Bonchev–Trinajstić information content (AvgIpc) is 2.37. The normalized spacial score (nSPS) is 10.3. The fourth-order valence-corrected chi connectivity index (χ4v) is 3.22. The molecule has 0 atom stereocenters. The number of halogens is 2. The van der Waals surface area contributed by atoms with Gasteiger partial charge in [-0.05, 0) is 37.1 Å². The van der Waals surface area contributed by atoms with Crippen LogP contribution in [0, 0.1) is 19.2 Å². The summed E-state index contributed by atoms with van der Waals surface area (Å²) in [7, 11) is 0. The molecule has 0 fully saturated rings. The van der Waals surface area contributed by atoms with Crippen LogP contribution in [0.4, 0.5) is 5.69 Å². The van der Waals surface area contributed by atoms with Gasteiger partial charge in [0.05, 0.1) is 27.1 Å². The molecule has 0 aliphatic rings. The molecule has 0 aromatic heterocycles. The Balaban J connectivity index is 2.38. The van der Waals surface area contributed by atoms with Crippen LogP contribution >= 0.6 is 35.0 Å². The van der Waals surface area contributed by atoms with E-state index in [0.717, 1.165) is 9.79 Å². The average molecular weight is 310 g/mol. The predicted octanol–water partition coefficient (Wildman–Crippen LogP) is 6.25. The summed E-state index contributed by atoms with van der Waals surface area (Å²) in [6.45, 7) is 4.14. The standard InChI is InChI=1S/C14H11Cl2N2S/c1-8-3-4-11(5-9(8)2)19-14-12(15)6-10(18-17)7-13(14)16/h3-7H,1-2H3/q+1. The van der Waals surface area contributed by atoms with E-state index in [0.29, 0.717) is 15.7 Å². The molecule has 0 spiro atoms. The highest BCUT2D eigenvalue weighted by Gasteiger charge is 2.15. The molecule has 96 valence electrons. The Morgan fingerprint density at radius 3 is 2.16 bits per heavy atom. The Bertz CT molecular complexity index is 655. The van der Waals surface area contributed by atoms with Crippen molar-refractivity contribution in [2.24, 2.45) is 0 Å². The first-order valence-electron chi connectivity index (χ1n) is 5.60. The first-order valence-corrected chi connectivity index (χ1v) is 7.17. The van der Waals surface area contributed by atoms with Crippen molar-refractivity contribution >= 4 is 40.7 Å². The lowest BCUT2D eigenvalue weighted by molar-refractivity contribution is 1.27. The van der Waals surface area contributed by atoms with Crippen molar-refractivity contribution in [2.75, 3.05) is 0 Å². The van der Waals surface area contributed by atoms with Crippen LogP contribution in [-0.2, 0) is 0 Å². The van der Waals surface area contributed by atoms with Crippen LogP contribution in [-0.4, -0.2) is 0 Å². The maximum Gasteiger partial charge on any atom is 0.388 e. The highest BCUT2D eigenvalue weighted by Crippen LogP contribution is 2.41. The molecule has 0 saturated heterocycles. The summed E-state index contributed by atoms with van der Waals surface area (Å²) in [5.41, 5.74) is 2.81. The van der Waals surface area contributed by atoms with Gasteiger partial charge in [-0.15, -0.1) is 0 Å². The second kappa shape index (κ2) is 5.83. The summed E-state index contributed by atoms with van der Waals surface area (Å²) >= 11 is 13.8. The van der Waals surface area contributed by atoms with E-state index >= 15 is 0 Å². The van der Waals surface area contributed by atoms with E-state index in [1.165, 1.54) is 22.9 Å². The van der Waals surface area contributed by atoms with Crippen LogP contribution in [0.25, 0.3) is 4.98 Å². The maximum absolute atomic E-state index is 8.73. The summed E-state index contributed by atoms with van der Waals surface area (Å²) in [6, 6.07) is 9.35. The molecule has 0 aliphatic carbocycles. The van der Waals surface area contributed by atoms with Crippen LogP contribution in [0.15, 0.2) is 40.1 Å². The van der Waals surface area contributed by atoms with Gasteiger partial charge in [-0.25, -0.2) is 0 Å². The van der Waals surface area contributed by atoms with Gasteiger partial charge in [0, 0.05) is 4.90 Å². The van der Waals surface area contributed by atoms with Crippen LogP contribution < -0.4 is 0 Å². The molecule has 0 radical (unpaired) electrons. The Morgan fingerprint density at radius 1 is 1.00 bits per heavy atom. The topological polar surface area (TPSA) is 28.1 Å². The Morgan fingerprint density at radius 2 is 1.63 bits per heavy atom. The fraction of sp³-hybridized carbons (Fsp3) is 0.143. The zero-order chi connectivity index (χ0) is 14.0. The van der Waals surface area contributed by atoms with Gasteiger partial charge in [0.15, 0.2) is 4.98 Å². The smallest absolute Gasteiger partial charge is 0.0869 e. The largest absolute Gasteiger partial charge is 0.388 e. The van der Waals surface area contributed by atoms with Crippen LogP contribution in [0.2, 0.25) is 10.0 Å². The minimum atomic E-state index is 0.347. The number of hydrogen-bond acceptors (Lipinski definition) is 2.